The van der Waals surface area contributed by atoms with Gasteiger partial charge in [-0.3, -0.25) is 0 Å². The van der Waals surface area contributed by atoms with Crippen LogP contribution in [0.4, 0.5) is 4.39 Å². The Balaban J connectivity index is 1.98. The van der Waals surface area contributed by atoms with Crippen LogP contribution in [0.2, 0.25) is 0 Å². The third kappa shape index (κ3) is 4.03. The number of pyridine rings is 1. The number of hydrogen-bond donors (Lipinski definition) is 1. The summed E-state index contributed by atoms with van der Waals surface area (Å²) in [6.07, 6.45) is 1.70. The Morgan fingerprint density at radius 3 is 2.89 bits per heavy atom. The Morgan fingerprint density at radius 2 is 2.11 bits per heavy atom. The highest BCUT2D eigenvalue weighted by Gasteiger charge is 2.03. The molecule has 0 aliphatic carbocycles. The van der Waals surface area contributed by atoms with Crippen LogP contribution in [0.3, 0.4) is 0 Å². The van der Waals surface area contributed by atoms with Crippen molar-refractivity contribution in [3.8, 4) is 5.88 Å². The number of halogens is 1. The van der Waals surface area contributed by atoms with Crippen LogP contribution in [-0.2, 0) is 13.2 Å². The van der Waals surface area contributed by atoms with Crippen molar-refractivity contribution in [3.63, 3.8) is 0 Å². The van der Waals surface area contributed by atoms with Crippen molar-refractivity contribution in [1.29, 1.82) is 0 Å². The Hall–Kier alpha value is -1.94. The quantitative estimate of drug-likeness (QED) is 0.867. The zero-order valence-electron chi connectivity index (χ0n) is 10.9. The van der Waals surface area contributed by atoms with E-state index in [1.807, 2.05) is 12.1 Å². The van der Waals surface area contributed by atoms with Crippen molar-refractivity contribution >= 4 is 0 Å². The van der Waals surface area contributed by atoms with Crippen LogP contribution in [0.25, 0.3) is 0 Å². The minimum absolute atomic E-state index is 0.185. The molecule has 1 heterocycles. The molecule has 4 heteroatoms. The Labute approximate surface area is 112 Å². The van der Waals surface area contributed by atoms with Gasteiger partial charge in [-0.2, -0.15) is 0 Å². The molecule has 0 unspecified atom stereocenters. The minimum atomic E-state index is -0.258. The summed E-state index contributed by atoms with van der Waals surface area (Å²) < 4.78 is 18.9. The summed E-state index contributed by atoms with van der Waals surface area (Å²) in [6, 6.07) is 10.4. The van der Waals surface area contributed by atoms with Crippen LogP contribution in [-0.4, -0.2) is 11.5 Å². The molecular weight excluding hydrogens is 243 g/mol. The van der Waals surface area contributed by atoms with Crippen molar-refractivity contribution in [2.75, 3.05) is 6.54 Å². The molecule has 1 aromatic heterocycles. The zero-order valence-corrected chi connectivity index (χ0v) is 10.9. The molecule has 2 aromatic rings. The second-order valence-corrected chi connectivity index (χ2v) is 4.16. The smallest absolute Gasteiger partial charge is 0.213 e. The molecule has 0 saturated heterocycles. The van der Waals surface area contributed by atoms with Gasteiger partial charge in [0.2, 0.25) is 5.88 Å². The maximum Gasteiger partial charge on any atom is 0.213 e. The summed E-state index contributed by atoms with van der Waals surface area (Å²) in [7, 11) is 0. The number of aromatic nitrogens is 1. The van der Waals surface area contributed by atoms with E-state index in [0.717, 1.165) is 18.7 Å². The molecule has 0 radical (unpaired) electrons. The van der Waals surface area contributed by atoms with Gasteiger partial charge in [-0.25, -0.2) is 9.37 Å². The fourth-order valence-electron chi connectivity index (χ4n) is 1.68. The predicted molar refractivity (Wildman–Crippen MR) is 72.3 cm³/mol. The van der Waals surface area contributed by atoms with Gasteiger partial charge in [0.1, 0.15) is 12.4 Å². The van der Waals surface area contributed by atoms with E-state index >= 15 is 0 Å². The fourth-order valence-corrected chi connectivity index (χ4v) is 1.68. The summed E-state index contributed by atoms with van der Waals surface area (Å²) in [5.41, 5.74) is 1.63. The van der Waals surface area contributed by atoms with Crippen LogP contribution < -0.4 is 10.1 Å². The van der Waals surface area contributed by atoms with Gasteiger partial charge in [0.25, 0.3) is 0 Å². The zero-order chi connectivity index (χ0) is 13.5. The second-order valence-electron chi connectivity index (χ2n) is 4.16. The third-order valence-corrected chi connectivity index (χ3v) is 2.71. The fraction of sp³-hybridized carbons (Fsp3) is 0.267. The highest BCUT2D eigenvalue weighted by Crippen LogP contribution is 2.13. The number of ether oxygens (including phenoxy) is 1. The van der Waals surface area contributed by atoms with E-state index in [4.69, 9.17) is 4.74 Å². The molecule has 3 nitrogen and oxygen atoms in total. The Bertz CT molecular complexity index is 531. The lowest BCUT2D eigenvalue weighted by Crippen LogP contribution is -2.11. The molecule has 0 amide bonds. The molecule has 2 rings (SSSR count). The van der Waals surface area contributed by atoms with E-state index in [9.17, 15) is 4.39 Å². The van der Waals surface area contributed by atoms with Crippen molar-refractivity contribution in [3.05, 3.63) is 59.5 Å². The first-order chi connectivity index (χ1) is 9.29. The molecule has 0 atom stereocenters. The Kier molecular flexibility index (Phi) is 4.86. The molecule has 0 saturated carbocycles. The largest absolute Gasteiger partial charge is 0.473 e. The highest BCUT2D eigenvalue weighted by molar-refractivity contribution is 5.22. The maximum absolute atomic E-state index is 13.4. The van der Waals surface area contributed by atoms with Crippen molar-refractivity contribution in [2.24, 2.45) is 0 Å². The normalized spacial score (nSPS) is 10.4. The summed E-state index contributed by atoms with van der Waals surface area (Å²) >= 11 is 0. The van der Waals surface area contributed by atoms with Crippen LogP contribution in [0.15, 0.2) is 42.6 Å². The monoisotopic (exact) mass is 260 g/mol. The van der Waals surface area contributed by atoms with Crippen molar-refractivity contribution in [1.82, 2.24) is 10.3 Å². The molecule has 0 bridgehead atoms. The first-order valence-electron chi connectivity index (χ1n) is 6.31. The molecular formula is C15H17FN2O. The molecule has 0 fully saturated rings. The standard InChI is InChI=1S/C15H17FN2O/c1-2-17-10-12-7-8-18-15(9-12)19-11-13-5-3-4-6-14(13)16/h3-9,17H,2,10-11H2,1H3. The third-order valence-electron chi connectivity index (χ3n) is 2.71. The molecule has 100 valence electrons. The molecule has 0 aliphatic heterocycles. The topological polar surface area (TPSA) is 34.2 Å². The van der Waals surface area contributed by atoms with Crippen LogP contribution in [0.1, 0.15) is 18.1 Å². The predicted octanol–water partition coefficient (Wildman–Crippen LogP) is 2.91. The van der Waals surface area contributed by atoms with Gasteiger partial charge in [-0.1, -0.05) is 25.1 Å². The highest BCUT2D eigenvalue weighted by atomic mass is 19.1. The van der Waals surface area contributed by atoms with E-state index in [-0.39, 0.29) is 12.4 Å². The summed E-state index contributed by atoms with van der Waals surface area (Å²) in [5.74, 6) is 0.255. The molecule has 1 N–H and O–H groups in total. The van der Waals surface area contributed by atoms with Crippen LogP contribution in [0, 0.1) is 5.82 Å². The summed E-state index contributed by atoms with van der Waals surface area (Å²) in [5, 5.41) is 3.23. The molecule has 0 aliphatic rings. The van der Waals surface area contributed by atoms with Gasteiger partial charge >= 0.3 is 0 Å². The maximum atomic E-state index is 13.4. The van der Waals surface area contributed by atoms with Gasteiger partial charge < -0.3 is 10.1 Å². The first-order valence-corrected chi connectivity index (χ1v) is 6.31. The lowest BCUT2D eigenvalue weighted by molar-refractivity contribution is 0.287. The van der Waals surface area contributed by atoms with Gasteiger partial charge in [0.15, 0.2) is 0 Å². The van der Waals surface area contributed by atoms with E-state index < -0.39 is 0 Å². The van der Waals surface area contributed by atoms with Crippen molar-refractivity contribution in [2.45, 2.75) is 20.1 Å². The van der Waals surface area contributed by atoms with Crippen molar-refractivity contribution < 1.29 is 9.13 Å². The minimum Gasteiger partial charge on any atom is -0.473 e. The van der Waals surface area contributed by atoms with E-state index in [0.29, 0.717) is 11.4 Å². The van der Waals surface area contributed by atoms with Gasteiger partial charge in [-0.05, 0) is 24.2 Å². The Morgan fingerprint density at radius 1 is 1.26 bits per heavy atom. The van der Waals surface area contributed by atoms with Crippen LogP contribution in [0.5, 0.6) is 5.88 Å². The van der Waals surface area contributed by atoms with Gasteiger partial charge in [0, 0.05) is 24.4 Å². The average molecular weight is 260 g/mol. The number of nitrogens with one attached hydrogen (secondary N) is 1. The average Bonchev–Trinajstić information content (AvgIpc) is 2.45. The molecule has 0 spiro atoms. The lowest BCUT2D eigenvalue weighted by Gasteiger charge is -2.08. The lowest BCUT2D eigenvalue weighted by atomic mass is 10.2. The summed E-state index contributed by atoms with van der Waals surface area (Å²) in [4.78, 5) is 4.12. The van der Waals surface area contributed by atoms with Crippen LogP contribution >= 0.6 is 0 Å². The van der Waals surface area contributed by atoms with E-state index in [1.54, 1.807) is 24.4 Å². The number of benzene rings is 1. The number of nitrogens with zero attached hydrogens (tertiary/aromatic N) is 1. The second kappa shape index (κ2) is 6.85. The van der Waals surface area contributed by atoms with E-state index in [1.165, 1.54) is 6.07 Å². The SMILES string of the molecule is CCNCc1ccnc(OCc2ccccc2F)c1. The summed E-state index contributed by atoms with van der Waals surface area (Å²) in [6.45, 7) is 3.92. The number of hydrogen-bond acceptors (Lipinski definition) is 3. The first kappa shape index (κ1) is 13.5. The van der Waals surface area contributed by atoms with Gasteiger partial charge in [-0.15, -0.1) is 0 Å². The number of rotatable bonds is 6. The van der Waals surface area contributed by atoms with Gasteiger partial charge in [0.05, 0.1) is 0 Å². The van der Waals surface area contributed by atoms with E-state index in [2.05, 4.69) is 17.2 Å². The molecule has 1 aromatic carbocycles. The molecule has 19 heavy (non-hydrogen) atoms.